The minimum absolute atomic E-state index is 0.0187. The molecule has 0 aromatic heterocycles. The average molecular weight is 295 g/mol. The maximum absolute atomic E-state index is 13.1. The monoisotopic (exact) mass is 295 g/mol. The second-order valence-electron chi connectivity index (χ2n) is 5.09. The number of likely N-dealkylation sites (N-methyl/N-ethyl adjacent to an activating group) is 2. The van der Waals surface area contributed by atoms with Crippen LogP contribution in [0.3, 0.4) is 0 Å². The molecule has 1 rings (SSSR count). The van der Waals surface area contributed by atoms with Crippen LogP contribution in [0.4, 0.5) is 4.39 Å². The lowest BCUT2D eigenvalue weighted by molar-refractivity contribution is -0.122. The lowest BCUT2D eigenvalue weighted by atomic mass is 9.96. The van der Waals surface area contributed by atoms with Gasteiger partial charge >= 0.3 is 0 Å². The van der Waals surface area contributed by atoms with E-state index < -0.39 is 0 Å². The van der Waals surface area contributed by atoms with Gasteiger partial charge in [-0.25, -0.2) is 4.39 Å². The zero-order valence-corrected chi connectivity index (χ0v) is 13.1. The zero-order valence-electron chi connectivity index (χ0n) is 13.1. The number of halogens is 1. The van der Waals surface area contributed by atoms with Gasteiger partial charge in [0.05, 0.1) is 12.6 Å². The Labute approximate surface area is 126 Å². The molecular weight excluding hydrogens is 269 g/mol. The molecule has 1 aromatic carbocycles. The van der Waals surface area contributed by atoms with Gasteiger partial charge in [-0.15, -0.1) is 0 Å². The van der Waals surface area contributed by atoms with Gasteiger partial charge in [0.25, 0.3) is 0 Å². The van der Waals surface area contributed by atoms with Gasteiger partial charge in [0.1, 0.15) is 5.82 Å². The van der Waals surface area contributed by atoms with Gasteiger partial charge in [0.2, 0.25) is 5.91 Å². The molecule has 21 heavy (non-hydrogen) atoms. The molecule has 0 saturated carbocycles. The van der Waals surface area contributed by atoms with E-state index >= 15 is 0 Å². The van der Waals surface area contributed by atoms with Gasteiger partial charge in [-0.3, -0.25) is 9.69 Å². The third-order valence-corrected chi connectivity index (χ3v) is 3.61. The first-order chi connectivity index (χ1) is 10.0. The number of amides is 1. The molecule has 0 spiro atoms. The van der Waals surface area contributed by atoms with Crippen LogP contribution in [0.15, 0.2) is 24.3 Å². The zero-order chi connectivity index (χ0) is 15.8. The predicted molar refractivity (Wildman–Crippen MR) is 83.3 cm³/mol. The van der Waals surface area contributed by atoms with Crippen molar-refractivity contribution in [1.82, 2.24) is 10.2 Å². The molecule has 2 atom stereocenters. The van der Waals surface area contributed by atoms with Gasteiger partial charge < -0.3 is 11.1 Å². The Kier molecular flexibility index (Phi) is 7.32. The predicted octanol–water partition coefficient (Wildman–Crippen LogP) is 2.06. The molecule has 0 radical (unpaired) electrons. The summed E-state index contributed by atoms with van der Waals surface area (Å²) in [5, 5.41) is 2.80. The fourth-order valence-electron chi connectivity index (χ4n) is 2.46. The van der Waals surface area contributed by atoms with Crippen LogP contribution in [0.2, 0.25) is 0 Å². The summed E-state index contributed by atoms with van der Waals surface area (Å²) in [7, 11) is 0. The molecule has 1 amide bonds. The maximum atomic E-state index is 13.1. The van der Waals surface area contributed by atoms with Gasteiger partial charge in [-0.05, 0) is 37.6 Å². The fourth-order valence-corrected chi connectivity index (χ4v) is 2.46. The molecule has 2 unspecified atom stereocenters. The lowest BCUT2D eigenvalue weighted by Gasteiger charge is -2.34. The highest BCUT2D eigenvalue weighted by molar-refractivity contribution is 5.78. The van der Waals surface area contributed by atoms with E-state index in [0.29, 0.717) is 19.6 Å². The summed E-state index contributed by atoms with van der Waals surface area (Å²) in [4.78, 5) is 13.9. The van der Waals surface area contributed by atoms with Crippen molar-refractivity contribution in [1.29, 1.82) is 0 Å². The van der Waals surface area contributed by atoms with Crippen LogP contribution in [-0.4, -0.2) is 36.5 Å². The minimum Gasteiger partial charge on any atom is -0.355 e. The Morgan fingerprint density at radius 2 is 1.90 bits per heavy atom. The number of carbonyl (C=O) groups is 1. The first-order valence-corrected chi connectivity index (χ1v) is 7.55. The van der Waals surface area contributed by atoms with Crippen molar-refractivity contribution in [3.63, 3.8) is 0 Å². The van der Waals surface area contributed by atoms with Crippen LogP contribution in [0, 0.1) is 5.82 Å². The van der Waals surface area contributed by atoms with E-state index in [1.165, 1.54) is 12.1 Å². The fraction of sp³-hybridized carbons (Fsp3) is 0.562. The van der Waals surface area contributed by atoms with Crippen molar-refractivity contribution < 1.29 is 9.18 Å². The molecule has 1 aromatic rings. The molecule has 3 N–H and O–H groups in total. The molecule has 5 heteroatoms. The Balaban J connectivity index is 2.98. The van der Waals surface area contributed by atoms with Crippen molar-refractivity contribution >= 4 is 5.91 Å². The first-order valence-electron chi connectivity index (χ1n) is 7.55. The molecule has 0 fully saturated rings. The maximum Gasteiger partial charge on any atom is 0.234 e. The van der Waals surface area contributed by atoms with Crippen LogP contribution in [0.1, 0.15) is 38.8 Å². The molecule has 0 aliphatic rings. The molecule has 0 aliphatic heterocycles. The number of nitrogens with zero attached hydrogens (tertiary/aromatic N) is 1. The minimum atomic E-state index is -0.269. The third kappa shape index (κ3) is 5.10. The third-order valence-electron chi connectivity index (χ3n) is 3.61. The van der Waals surface area contributed by atoms with E-state index in [9.17, 15) is 9.18 Å². The Bertz CT molecular complexity index is 436. The van der Waals surface area contributed by atoms with Crippen molar-refractivity contribution in [3.8, 4) is 0 Å². The molecule has 0 heterocycles. The Morgan fingerprint density at radius 3 is 2.38 bits per heavy atom. The van der Waals surface area contributed by atoms with E-state index in [0.717, 1.165) is 12.0 Å². The van der Waals surface area contributed by atoms with Crippen LogP contribution >= 0.6 is 0 Å². The van der Waals surface area contributed by atoms with E-state index in [-0.39, 0.29) is 23.8 Å². The Hall–Kier alpha value is -1.46. The number of nitrogens with two attached hydrogens (primary N) is 1. The highest BCUT2D eigenvalue weighted by Crippen LogP contribution is 2.25. The van der Waals surface area contributed by atoms with Crippen molar-refractivity contribution in [3.05, 3.63) is 35.6 Å². The van der Waals surface area contributed by atoms with E-state index in [1.54, 1.807) is 12.1 Å². The normalized spacial score (nSPS) is 14.0. The highest BCUT2D eigenvalue weighted by Gasteiger charge is 2.26. The smallest absolute Gasteiger partial charge is 0.234 e. The highest BCUT2D eigenvalue weighted by atomic mass is 19.1. The quantitative estimate of drug-likeness (QED) is 0.772. The van der Waals surface area contributed by atoms with Crippen molar-refractivity contribution in [2.45, 2.75) is 39.3 Å². The standard InChI is InChI=1S/C16H26FN3O/c1-4-14(18)16(12-7-9-13(17)10-8-12)20(6-3)11-15(21)19-5-2/h7-10,14,16H,4-6,11,18H2,1-3H3,(H,19,21). The summed E-state index contributed by atoms with van der Waals surface area (Å²) in [6.07, 6.45) is 0.786. The summed E-state index contributed by atoms with van der Waals surface area (Å²) in [5.74, 6) is -0.288. The summed E-state index contributed by atoms with van der Waals surface area (Å²) < 4.78 is 13.1. The van der Waals surface area contributed by atoms with E-state index in [1.807, 2.05) is 25.7 Å². The molecule has 0 aliphatic carbocycles. The van der Waals surface area contributed by atoms with Crippen molar-refractivity contribution in [2.24, 2.45) is 5.73 Å². The van der Waals surface area contributed by atoms with Gasteiger partial charge in [0.15, 0.2) is 0 Å². The molecular formula is C16H26FN3O. The average Bonchev–Trinajstić information content (AvgIpc) is 2.48. The largest absolute Gasteiger partial charge is 0.355 e. The second-order valence-corrected chi connectivity index (χ2v) is 5.09. The van der Waals surface area contributed by atoms with Crippen LogP contribution < -0.4 is 11.1 Å². The van der Waals surface area contributed by atoms with E-state index in [2.05, 4.69) is 5.32 Å². The number of benzene rings is 1. The number of carbonyl (C=O) groups excluding carboxylic acids is 1. The summed E-state index contributed by atoms with van der Waals surface area (Å²) in [5.41, 5.74) is 7.19. The van der Waals surface area contributed by atoms with Crippen LogP contribution in [0.25, 0.3) is 0 Å². The second kappa shape index (κ2) is 8.74. The molecule has 0 bridgehead atoms. The number of nitrogens with one attached hydrogen (secondary N) is 1. The van der Waals surface area contributed by atoms with Gasteiger partial charge in [0, 0.05) is 12.6 Å². The molecule has 4 nitrogen and oxygen atoms in total. The Morgan fingerprint density at radius 1 is 1.29 bits per heavy atom. The number of hydrogen-bond donors (Lipinski definition) is 2. The van der Waals surface area contributed by atoms with Crippen molar-refractivity contribution in [2.75, 3.05) is 19.6 Å². The topological polar surface area (TPSA) is 58.4 Å². The first kappa shape index (κ1) is 17.6. The molecule has 0 saturated heterocycles. The lowest BCUT2D eigenvalue weighted by Crippen LogP contribution is -2.45. The SMILES string of the molecule is CCNC(=O)CN(CC)C(c1ccc(F)cc1)C(N)CC. The number of hydrogen-bond acceptors (Lipinski definition) is 3. The summed E-state index contributed by atoms with van der Waals surface area (Å²) in [6.45, 7) is 7.51. The van der Waals surface area contributed by atoms with Gasteiger partial charge in [-0.1, -0.05) is 26.0 Å². The van der Waals surface area contributed by atoms with E-state index in [4.69, 9.17) is 5.73 Å². The van der Waals surface area contributed by atoms with Gasteiger partial charge in [-0.2, -0.15) is 0 Å². The summed E-state index contributed by atoms with van der Waals surface area (Å²) >= 11 is 0. The molecule has 118 valence electrons. The van der Waals surface area contributed by atoms with Crippen LogP contribution in [-0.2, 0) is 4.79 Å². The number of rotatable bonds is 8. The summed E-state index contributed by atoms with van der Waals surface area (Å²) in [6, 6.07) is 6.16. The van der Waals surface area contributed by atoms with Crippen LogP contribution in [0.5, 0.6) is 0 Å².